The molecule has 7 heteroatoms. The van der Waals surface area contributed by atoms with E-state index >= 15 is 0 Å². The molecule has 0 radical (unpaired) electrons. The number of aryl methyl sites for hydroxylation is 1. The zero-order valence-electron chi connectivity index (χ0n) is 7.65. The Kier molecular flexibility index (Phi) is 3.47. The fourth-order valence-corrected chi connectivity index (χ4v) is 1.09. The second-order valence-electron chi connectivity index (χ2n) is 2.81. The highest BCUT2D eigenvalue weighted by atomic mass is 16.3. The van der Waals surface area contributed by atoms with Crippen LogP contribution in [0.3, 0.4) is 0 Å². The summed E-state index contributed by atoms with van der Waals surface area (Å²) < 4.78 is 1.45. The highest BCUT2D eigenvalue weighted by Crippen LogP contribution is 2.15. The molecule has 76 valence electrons. The molecule has 0 fully saturated rings. The van der Waals surface area contributed by atoms with Gasteiger partial charge in [-0.05, 0) is 11.6 Å². The number of aliphatic hydroxyl groups excluding tert-OH is 2. The number of azide groups is 1. The molecule has 1 heterocycles. The fraction of sp³-hybridized carbons (Fsp3) is 0.571. The first kappa shape index (κ1) is 10.5. The van der Waals surface area contributed by atoms with Crippen molar-refractivity contribution in [3.63, 3.8) is 0 Å². The van der Waals surface area contributed by atoms with E-state index in [1.165, 1.54) is 10.9 Å². The van der Waals surface area contributed by atoms with E-state index in [4.69, 9.17) is 5.53 Å². The molecule has 0 saturated carbocycles. The summed E-state index contributed by atoms with van der Waals surface area (Å²) >= 11 is 0. The lowest BCUT2D eigenvalue weighted by atomic mass is 10.1. The molecule has 0 aliphatic heterocycles. The van der Waals surface area contributed by atoms with Gasteiger partial charge < -0.3 is 10.2 Å². The van der Waals surface area contributed by atoms with E-state index in [0.717, 1.165) is 0 Å². The molecule has 0 amide bonds. The summed E-state index contributed by atoms with van der Waals surface area (Å²) in [5.41, 5.74) is 8.51. The van der Waals surface area contributed by atoms with Crippen LogP contribution in [0.5, 0.6) is 0 Å². The van der Waals surface area contributed by atoms with Crippen molar-refractivity contribution in [2.45, 2.75) is 12.2 Å². The van der Waals surface area contributed by atoms with Crippen LogP contribution in [0.4, 0.5) is 0 Å². The molecular weight excluding hydrogens is 186 g/mol. The second-order valence-corrected chi connectivity index (χ2v) is 2.81. The minimum Gasteiger partial charge on any atom is -0.390 e. The van der Waals surface area contributed by atoms with Gasteiger partial charge in [0.25, 0.3) is 0 Å². The van der Waals surface area contributed by atoms with E-state index in [9.17, 15) is 10.2 Å². The van der Waals surface area contributed by atoms with Gasteiger partial charge in [0.15, 0.2) is 0 Å². The lowest BCUT2D eigenvalue weighted by Gasteiger charge is -2.15. The van der Waals surface area contributed by atoms with Gasteiger partial charge in [0, 0.05) is 18.2 Å². The fourth-order valence-electron chi connectivity index (χ4n) is 1.09. The summed E-state index contributed by atoms with van der Waals surface area (Å²) in [4.78, 5) is 2.49. The molecule has 14 heavy (non-hydrogen) atoms. The van der Waals surface area contributed by atoms with Gasteiger partial charge in [0.2, 0.25) is 0 Å². The van der Waals surface area contributed by atoms with Crippen molar-refractivity contribution in [3.8, 4) is 0 Å². The zero-order chi connectivity index (χ0) is 10.6. The molecule has 7 nitrogen and oxygen atoms in total. The molecule has 0 aliphatic rings. The van der Waals surface area contributed by atoms with Crippen LogP contribution in [-0.2, 0) is 7.05 Å². The first-order valence-electron chi connectivity index (χ1n) is 4.01. The highest BCUT2D eigenvalue weighted by molar-refractivity contribution is 5.05. The van der Waals surface area contributed by atoms with Gasteiger partial charge in [-0.15, -0.1) is 0 Å². The molecule has 0 saturated heterocycles. The van der Waals surface area contributed by atoms with Crippen LogP contribution in [0.2, 0.25) is 0 Å². The summed E-state index contributed by atoms with van der Waals surface area (Å²) in [5, 5.41) is 26.0. The van der Waals surface area contributed by atoms with Gasteiger partial charge in [-0.2, -0.15) is 5.10 Å². The van der Waals surface area contributed by atoms with Crippen molar-refractivity contribution in [2.75, 3.05) is 6.54 Å². The molecule has 0 aromatic carbocycles. The standard InChI is InChI=1S/C7H11N5O2/c1-12-5(2-3-10-12)7(14)6(13)4-9-11-8/h2-3,6-7,13-14H,4H2,1H3. The quantitative estimate of drug-likeness (QED) is 0.406. The van der Waals surface area contributed by atoms with Crippen molar-refractivity contribution in [3.05, 3.63) is 28.4 Å². The average molecular weight is 197 g/mol. The molecule has 2 unspecified atom stereocenters. The van der Waals surface area contributed by atoms with Gasteiger partial charge in [0.05, 0.1) is 18.3 Å². The van der Waals surface area contributed by atoms with Crippen LogP contribution >= 0.6 is 0 Å². The molecule has 0 bridgehead atoms. The minimum absolute atomic E-state index is 0.164. The molecule has 2 N–H and O–H groups in total. The van der Waals surface area contributed by atoms with Gasteiger partial charge in [-0.25, -0.2) is 0 Å². The Hall–Kier alpha value is -1.56. The summed E-state index contributed by atoms with van der Waals surface area (Å²) in [6, 6.07) is 1.59. The summed E-state index contributed by atoms with van der Waals surface area (Å²) in [7, 11) is 1.65. The topological polar surface area (TPSA) is 107 Å². The van der Waals surface area contributed by atoms with E-state index in [1.54, 1.807) is 13.1 Å². The molecule has 1 aromatic heterocycles. The summed E-state index contributed by atoms with van der Waals surface area (Å²) in [5.74, 6) is 0. The van der Waals surface area contributed by atoms with E-state index in [2.05, 4.69) is 15.1 Å². The van der Waals surface area contributed by atoms with Crippen molar-refractivity contribution in [2.24, 2.45) is 12.2 Å². The molecule has 0 aliphatic carbocycles. The van der Waals surface area contributed by atoms with Gasteiger partial charge in [-0.3, -0.25) is 4.68 Å². The maximum absolute atomic E-state index is 9.59. The summed E-state index contributed by atoms with van der Waals surface area (Å²) in [6.07, 6.45) is -0.687. The Bertz CT molecular complexity index is 344. The van der Waals surface area contributed by atoms with E-state index < -0.39 is 12.2 Å². The first-order valence-corrected chi connectivity index (χ1v) is 4.01. The Labute approximate surface area is 80.2 Å². The number of rotatable bonds is 4. The third-order valence-electron chi connectivity index (χ3n) is 1.86. The summed E-state index contributed by atoms with van der Waals surface area (Å²) in [6.45, 7) is -0.164. The predicted octanol–water partition coefficient (Wildman–Crippen LogP) is 0.125. The predicted molar refractivity (Wildman–Crippen MR) is 48.2 cm³/mol. The minimum atomic E-state index is -1.11. The number of aliphatic hydroxyl groups is 2. The second kappa shape index (κ2) is 4.61. The molecule has 2 atom stereocenters. The van der Waals surface area contributed by atoms with Crippen LogP contribution in [0, 0.1) is 0 Å². The van der Waals surface area contributed by atoms with Crippen molar-refractivity contribution in [1.29, 1.82) is 0 Å². The molecular formula is C7H11N5O2. The van der Waals surface area contributed by atoms with Crippen molar-refractivity contribution < 1.29 is 10.2 Å². The van der Waals surface area contributed by atoms with Gasteiger partial charge in [-0.1, -0.05) is 5.11 Å². The number of hydrogen-bond acceptors (Lipinski definition) is 4. The number of hydrogen-bond donors (Lipinski definition) is 2. The number of aromatic nitrogens is 2. The van der Waals surface area contributed by atoms with E-state index in [-0.39, 0.29) is 6.54 Å². The molecule has 1 aromatic rings. The van der Waals surface area contributed by atoms with Crippen LogP contribution in [0.25, 0.3) is 10.4 Å². The molecule has 0 spiro atoms. The zero-order valence-corrected chi connectivity index (χ0v) is 7.65. The molecule has 1 rings (SSSR count). The number of nitrogens with zero attached hydrogens (tertiary/aromatic N) is 5. The Morgan fingerprint density at radius 1 is 1.71 bits per heavy atom. The lowest BCUT2D eigenvalue weighted by Crippen LogP contribution is -2.23. The van der Waals surface area contributed by atoms with Crippen LogP contribution in [-0.4, -0.2) is 32.6 Å². The monoisotopic (exact) mass is 197 g/mol. The SMILES string of the molecule is Cn1nccc1C(O)C(O)CN=[N+]=[N-]. The van der Waals surface area contributed by atoms with Crippen LogP contribution in [0.15, 0.2) is 17.4 Å². The van der Waals surface area contributed by atoms with E-state index in [1.807, 2.05) is 0 Å². The van der Waals surface area contributed by atoms with E-state index in [0.29, 0.717) is 5.69 Å². The Balaban J connectivity index is 2.69. The Morgan fingerprint density at radius 3 is 2.93 bits per heavy atom. The third kappa shape index (κ3) is 2.23. The highest BCUT2D eigenvalue weighted by Gasteiger charge is 2.19. The van der Waals surface area contributed by atoms with Crippen LogP contribution < -0.4 is 0 Å². The maximum Gasteiger partial charge on any atom is 0.122 e. The normalized spacial score (nSPS) is 14.5. The van der Waals surface area contributed by atoms with Gasteiger partial charge in [0.1, 0.15) is 6.10 Å². The van der Waals surface area contributed by atoms with Crippen LogP contribution in [0.1, 0.15) is 11.8 Å². The average Bonchev–Trinajstić information content (AvgIpc) is 2.59. The maximum atomic E-state index is 9.59. The third-order valence-corrected chi connectivity index (χ3v) is 1.86. The smallest absolute Gasteiger partial charge is 0.122 e. The van der Waals surface area contributed by atoms with Crippen molar-refractivity contribution in [1.82, 2.24) is 9.78 Å². The van der Waals surface area contributed by atoms with Crippen molar-refractivity contribution >= 4 is 0 Å². The first-order chi connectivity index (χ1) is 6.66. The Morgan fingerprint density at radius 2 is 2.43 bits per heavy atom. The lowest BCUT2D eigenvalue weighted by molar-refractivity contribution is 0.0195. The van der Waals surface area contributed by atoms with Gasteiger partial charge >= 0.3 is 0 Å². The largest absolute Gasteiger partial charge is 0.390 e.